The van der Waals surface area contributed by atoms with Gasteiger partial charge in [-0.2, -0.15) is 0 Å². The second-order valence-corrected chi connectivity index (χ2v) is 7.65. The number of fused-ring (bicyclic) bond motifs is 2. The minimum atomic E-state index is -0.138. The van der Waals surface area contributed by atoms with Crippen molar-refractivity contribution in [2.75, 3.05) is 12.4 Å². The summed E-state index contributed by atoms with van der Waals surface area (Å²) in [7, 11) is 1.62. The molecule has 3 N–H and O–H groups in total. The Kier molecular flexibility index (Phi) is 5.34. The molecule has 0 spiro atoms. The first kappa shape index (κ1) is 17.9. The summed E-state index contributed by atoms with van der Waals surface area (Å²) in [5, 5.41) is 6.11. The summed E-state index contributed by atoms with van der Waals surface area (Å²) in [5.74, 6) is 1.79. The minimum absolute atomic E-state index is 0.138. The summed E-state index contributed by atoms with van der Waals surface area (Å²) in [6, 6.07) is 12.7. The van der Waals surface area contributed by atoms with Crippen LogP contribution in [0.1, 0.15) is 37.9 Å². The maximum atomic E-state index is 12.5. The standard InChI is InChI=1S/C21H27N3O3/c1-26-19-8-2-5-15(13-19)22-21(25)23-16-11-17-6-3-7-18(12-16)24(17)14-20-9-4-10-27-20/h2,4-5,8-10,13,16-18H,3,6-7,11-12,14H2,1H3,(H2,22,23,25)/p+1/t16?,17-,18+. The monoisotopic (exact) mass is 370 g/mol. The largest absolute Gasteiger partial charge is 0.497 e. The van der Waals surface area contributed by atoms with Crippen LogP contribution >= 0.6 is 0 Å². The molecule has 27 heavy (non-hydrogen) atoms. The third-order valence-electron chi connectivity index (χ3n) is 5.91. The molecule has 4 rings (SSSR count). The molecule has 0 aliphatic carbocycles. The molecule has 2 bridgehead atoms. The van der Waals surface area contributed by atoms with Gasteiger partial charge in [0.1, 0.15) is 12.3 Å². The Morgan fingerprint density at radius 1 is 1.22 bits per heavy atom. The fraction of sp³-hybridized carbons (Fsp3) is 0.476. The van der Waals surface area contributed by atoms with Crippen molar-refractivity contribution in [2.45, 2.75) is 56.8 Å². The summed E-state index contributed by atoms with van der Waals surface area (Å²) >= 11 is 0. The Labute approximate surface area is 159 Å². The Bertz CT molecular complexity index is 748. The summed E-state index contributed by atoms with van der Waals surface area (Å²) in [6.45, 7) is 0.949. The number of carbonyl (C=O) groups excluding carboxylic acids is 1. The van der Waals surface area contributed by atoms with E-state index in [4.69, 9.17) is 9.15 Å². The molecule has 6 nitrogen and oxygen atoms in total. The van der Waals surface area contributed by atoms with E-state index in [1.807, 2.05) is 30.3 Å². The Balaban J connectivity index is 1.34. The van der Waals surface area contributed by atoms with Gasteiger partial charge in [0.2, 0.25) is 0 Å². The molecule has 0 saturated carbocycles. The van der Waals surface area contributed by atoms with Gasteiger partial charge in [-0.05, 0) is 43.5 Å². The molecule has 2 aliphatic rings. The maximum Gasteiger partial charge on any atom is 0.319 e. The molecule has 144 valence electrons. The van der Waals surface area contributed by atoms with Gasteiger partial charge >= 0.3 is 6.03 Å². The summed E-state index contributed by atoms with van der Waals surface area (Å²) in [5.41, 5.74) is 0.743. The van der Waals surface area contributed by atoms with Crippen LogP contribution in [-0.2, 0) is 6.54 Å². The van der Waals surface area contributed by atoms with Crippen LogP contribution in [0.2, 0.25) is 0 Å². The van der Waals surface area contributed by atoms with Crippen molar-refractivity contribution >= 4 is 11.7 Å². The zero-order valence-corrected chi connectivity index (χ0v) is 15.7. The maximum absolute atomic E-state index is 12.5. The lowest BCUT2D eigenvalue weighted by Crippen LogP contribution is -3.20. The lowest BCUT2D eigenvalue weighted by molar-refractivity contribution is -0.974. The lowest BCUT2D eigenvalue weighted by Gasteiger charge is -2.45. The fourth-order valence-corrected chi connectivity index (χ4v) is 4.71. The number of amides is 2. The molecule has 2 amide bonds. The van der Waals surface area contributed by atoms with E-state index >= 15 is 0 Å². The van der Waals surface area contributed by atoms with Gasteiger partial charge in [-0.3, -0.25) is 0 Å². The second kappa shape index (κ2) is 8.05. The van der Waals surface area contributed by atoms with Gasteiger partial charge in [0.05, 0.1) is 25.5 Å². The number of piperidine rings is 2. The van der Waals surface area contributed by atoms with Crippen LogP contribution in [0.4, 0.5) is 10.5 Å². The summed E-state index contributed by atoms with van der Waals surface area (Å²) in [6.07, 6.45) is 7.54. The first-order valence-corrected chi connectivity index (χ1v) is 9.81. The molecule has 3 heterocycles. The van der Waals surface area contributed by atoms with E-state index < -0.39 is 0 Å². The number of benzene rings is 1. The van der Waals surface area contributed by atoms with Crippen LogP contribution in [0.3, 0.4) is 0 Å². The van der Waals surface area contributed by atoms with Gasteiger partial charge in [-0.15, -0.1) is 0 Å². The van der Waals surface area contributed by atoms with Gasteiger partial charge in [0, 0.05) is 30.6 Å². The molecule has 6 heteroatoms. The molecule has 2 fully saturated rings. The zero-order chi connectivity index (χ0) is 18.6. The molecular formula is C21H28N3O3+. The van der Waals surface area contributed by atoms with Crippen molar-refractivity contribution < 1.29 is 18.8 Å². The molecule has 0 radical (unpaired) electrons. The van der Waals surface area contributed by atoms with Crippen LogP contribution in [0.25, 0.3) is 0 Å². The van der Waals surface area contributed by atoms with E-state index in [0.717, 1.165) is 36.6 Å². The number of furan rings is 1. The topological polar surface area (TPSA) is 67.9 Å². The van der Waals surface area contributed by atoms with E-state index in [9.17, 15) is 4.79 Å². The number of hydrogen-bond donors (Lipinski definition) is 3. The first-order chi connectivity index (χ1) is 13.2. The Hall–Kier alpha value is -2.47. The third-order valence-corrected chi connectivity index (χ3v) is 5.91. The van der Waals surface area contributed by atoms with Crippen molar-refractivity contribution in [3.05, 3.63) is 48.4 Å². The van der Waals surface area contributed by atoms with Crippen molar-refractivity contribution in [1.29, 1.82) is 0 Å². The molecule has 1 aromatic carbocycles. The number of anilines is 1. The van der Waals surface area contributed by atoms with Crippen LogP contribution in [0, 0.1) is 0 Å². The first-order valence-electron chi connectivity index (χ1n) is 9.81. The quantitative estimate of drug-likeness (QED) is 0.758. The van der Waals surface area contributed by atoms with Gasteiger partial charge in [-0.25, -0.2) is 4.79 Å². The normalized spacial score (nSPS) is 27.0. The van der Waals surface area contributed by atoms with Gasteiger partial charge < -0.3 is 24.7 Å². The number of carbonyl (C=O) groups is 1. The Morgan fingerprint density at radius 3 is 2.74 bits per heavy atom. The van der Waals surface area contributed by atoms with E-state index in [1.165, 1.54) is 19.3 Å². The number of ether oxygens (including phenoxy) is 1. The van der Waals surface area contributed by atoms with E-state index in [0.29, 0.717) is 12.1 Å². The average Bonchev–Trinajstić information content (AvgIpc) is 3.15. The second-order valence-electron chi connectivity index (χ2n) is 7.65. The van der Waals surface area contributed by atoms with Crippen molar-refractivity contribution in [3.63, 3.8) is 0 Å². The highest BCUT2D eigenvalue weighted by Crippen LogP contribution is 2.23. The summed E-state index contributed by atoms with van der Waals surface area (Å²) in [4.78, 5) is 14.1. The smallest absolute Gasteiger partial charge is 0.319 e. The highest BCUT2D eigenvalue weighted by molar-refractivity contribution is 5.89. The SMILES string of the molecule is COc1cccc(NC(=O)NC2C[C@H]3CCC[C@@H](C2)[NH+]3Cc2ccco2)c1. The minimum Gasteiger partial charge on any atom is -0.497 e. The number of nitrogens with one attached hydrogen (secondary N) is 3. The van der Waals surface area contributed by atoms with Crippen molar-refractivity contribution in [3.8, 4) is 5.75 Å². The highest BCUT2D eigenvalue weighted by Gasteiger charge is 2.42. The number of urea groups is 1. The Morgan fingerprint density at radius 2 is 2.04 bits per heavy atom. The molecule has 2 saturated heterocycles. The van der Waals surface area contributed by atoms with Gasteiger partial charge in [0.15, 0.2) is 5.76 Å². The highest BCUT2D eigenvalue weighted by atomic mass is 16.5. The van der Waals surface area contributed by atoms with Crippen LogP contribution in [-0.4, -0.2) is 31.3 Å². The van der Waals surface area contributed by atoms with Crippen molar-refractivity contribution in [2.24, 2.45) is 0 Å². The van der Waals surface area contributed by atoms with Crippen molar-refractivity contribution in [1.82, 2.24) is 5.32 Å². The zero-order valence-electron chi connectivity index (χ0n) is 15.7. The number of rotatable bonds is 5. The van der Waals surface area contributed by atoms with Gasteiger partial charge in [-0.1, -0.05) is 6.07 Å². The van der Waals surface area contributed by atoms with Crippen LogP contribution in [0.5, 0.6) is 5.75 Å². The van der Waals surface area contributed by atoms with Crippen LogP contribution in [0.15, 0.2) is 47.1 Å². The predicted molar refractivity (Wildman–Crippen MR) is 103 cm³/mol. The molecule has 2 aromatic rings. The molecule has 2 aliphatic heterocycles. The molecule has 4 atom stereocenters. The molecular weight excluding hydrogens is 342 g/mol. The van der Waals surface area contributed by atoms with Gasteiger partial charge in [0.25, 0.3) is 0 Å². The molecule has 1 aromatic heterocycles. The molecule has 2 unspecified atom stereocenters. The van der Waals surface area contributed by atoms with E-state index in [-0.39, 0.29) is 12.1 Å². The lowest BCUT2D eigenvalue weighted by atomic mass is 9.81. The number of hydrogen-bond acceptors (Lipinski definition) is 3. The predicted octanol–water partition coefficient (Wildman–Crippen LogP) is 2.58. The third kappa shape index (κ3) is 4.27. The summed E-state index contributed by atoms with van der Waals surface area (Å²) < 4.78 is 10.8. The van der Waals surface area contributed by atoms with E-state index in [2.05, 4.69) is 16.7 Å². The van der Waals surface area contributed by atoms with Crippen LogP contribution < -0.4 is 20.3 Å². The average molecular weight is 370 g/mol. The fourth-order valence-electron chi connectivity index (χ4n) is 4.71. The van der Waals surface area contributed by atoms with E-state index in [1.54, 1.807) is 18.3 Å². The number of quaternary nitrogens is 1. The number of methoxy groups -OCH3 is 1.